The molecular weight excluding hydrogens is 334 g/mol. The Labute approximate surface area is 154 Å². The number of carbonyl (C=O) groups is 3. The van der Waals surface area contributed by atoms with E-state index in [4.69, 9.17) is 5.73 Å². The van der Waals surface area contributed by atoms with Crippen molar-refractivity contribution in [2.75, 3.05) is 13.1 Å². The number of rotatable bonds is 7. The molecule has 0 spiro atoms. The molecule has 0 unspecified atom stereocenters. The Morgan fingerprint density at radius 2 is 1.96 bits per heavy atom. The normalized spacial score (nSPS) is 16.5. The van der Waals surface area contributed by atoms with Crippen molar-refractivity contribution in [2.45, 2.75) is 64.5 Å². The third-order valence-corrected chi connectivity index (χ3v) is 4.78. The van der Waals surface area contributed by atoms with E-state index in [9.17, 15) is 14.4 Å². The number of hydrogen-bond acceptors (Lipinski definition) is 4. The quantitative estimate of drug-likeness (QED) is 0.751. The van der Waals surface area contributed by atoms with Gasteiger partial charge in [0.2, 0.25) is 17.7 Å². The summed E-state index contributed by atoms with van der Waals surface area (Å²) in [7, 11) is 0. The fourth-order valence-electron chi connectivity index (χ4n) is 3.45. The molecule has 1 saturated heterocycles. The van der Waals surface area contributed by atoms with Crippen LogP contribution in [0.5, 0.6) is 0 Å². The molecular formula is C18H29N5O3. The molecule has 2 heterocycles. The fourth-order valence-corrected chi connectivity index (χ4v) is 3.45. The highest BCUT2D eigenvalue weighted by atomic mass is 16.2. The molecule has 26 heavy (non-hydrogen) atoms. The van der Waals surface area contributed by atoms with Crippen LogP contribution >= 0.6 is 0 Å². The van der Waals surface area contributed by atoms with Gasteiger partial charge in [-0.2, -0.15) is 0 Å². The summed E-state index contributed by atoms with van der Waals surface area (Å²) < 4.78 is 2.18. The first-order valence-corrected chi connectivity index (χ1v) is 9.16. The van der Waals surface area contributed by atoms with Crippen molar-refractivity contribution in [3.63, 3.8) is 0 Å². The zero-order valence-corrected chi connectivity index (χ0v) is 15.8. The van der Waals surface area contributed by atoms with Crippen molar-refractivity contribution in [1.82, 2.24) is 19.8 Å². The highest BCUT2D eigenvalue weighted by molar-refractivity contribution is 5.87. The number of nitrogens with zero attached hydrogens (tertiary/aromatic N) is 3. The summed E-state index contributed by atoms with van der Waals surface area (Å²) in [6.07, 6.45) is 5.78. The molecule has 1 aromatic heterocycles. The van der Waals surface area contributed by atoms with Crippen LogP contribution in [0.25, 0.3) is 0 Å². The first kappa shape index (κ1) is 19.9. The lowest BCUT2D eigenvalue weighted by Crippen LogP contribution is -2.50. The van der Waals surface area contributed by atoms with E-state index in [1.54, 1.807) is 4.90 Å². The molecule has 1 atom stereocenters. The maximum Gasteiger partial charge on any atom is 0.245 e. The number of nitrogens with two attached hydrogens (primary N) is 1. The van der Waals surface area contributed by atoms with Crippen LogP contribution in [-0.4, -0.2) is 51.3 Å². The Kier molecular flexibility index (Phi) is 6.76. The molecule has 1 aromatic rings. The maximum atomic E-state index is 12.8. The van der Waals surface area contributed by atoms with E-state index >= 15 is 0 Å². The average Bonchev–Trinajstić information content (AvgIpc) is 3.07. The van der Waals surface area contributed by atoms with E-state index in [-0.39, 0.29) is 24.7 Å². The largest absolute Gasteiger partial charge is 0.370 e. The van der Waals surface area contributed by atoms with Gasteiger partial charge in [-0.1, -0.05) is 0 Å². The first-order chi connectivity index (χ1) is 12.3. The zero-order chi connectivity index (χ0) is 19.3. The smallest absolute Gasteiger partial charge is 0.245 e. The van der Waals surface area contributed by atoms with E-state index in [2.05, 4.69) is 28.7 Å². The average molecular weight is 363 g/mol. The molecule has 1 fully saturated rings. The molecule has 8 nitrogen and oxygen atoms in total. The highest BCUT2D eigenvalue weighted by Crippen LogP contribution is 2.28. The number of likely N-dealkylation sites (tertiary alicyclic amines) is 1. The molecule has 0 aliphatic carbocycles. The van der Waals surface area contributed by atoms with Crippen LogP contribution in [-0.2, 0) is 14.4 Å². The number of amides is 3. The second-order valence-electron chi connectivity index (χ2n) is 7.14. The molecule has 144 valence electrons. The number of nitrogens with one attached hydrogen (secondary N) is 1. The van der Waals surface area contributed by atoms with E-state index < -0.39 is 11.9 Å². The molecule has 0 bridgehead atoms. The second-order valence-corrected chi connectivity index (χ2v) is 7.14. The highest BCUT2D eigenvalue weighted by Gasteiger charge is 2.30. The Morgan fingerprint density at radius 1 is 1.31 bits per heavy atom. The molecule has 1 aliphatic heterocycles. The van der Waals surface area contributed by atoms with Crippen molar-refractivity contribution in [3.8, 4) is 0 Å². The van der Waals surface area contributed by atoms with Crippen LogP contribution in [0.1, 0.15) is 64.2 Å². The summed E-state index contributed by atoms with van der Waals surface area (Å²) in [5, 5.41) is 2.64. The Hall–Kier alpha value is -2.38. The van der Waals surface area contributed by atoms with E-state index in [0.717, 1.165) is 18.7 Å². The minimum absolute atomic E-state index is 0.0684. The number of piperidine rings is 1. The zero-order valence-electron chi connectivity index (χ0n) is 15.8. The summed E-state index contributed by atoms with van der Waals surface area (Å²) in [5.41, 5.74) is 5.18. The van der Waals surface area contributed by atoms with Gasteiger partial charge in [-0.15, -0.1) is 0 Å². The number of hydrogen-bond donors (Lipinski definition) is 2. The molecule has 3 N–H and O–H groups in total. The number of imidazole rings is 1. The Bertz CT molecular complexity index is 647. The summed E-state index contributed by atoms with van der Waals surface area (Å²) in [6, 6.07) is -0.348. The van der Waals surface area contributed by atoms with Crippen LogP contribution in [0.15, 0.2) is 12.4 Å². The van der Waals surface area contributed by atoms with E-state index in [1.165, 1.54) is 6.92 Å². The summed E-state index contributed by atoms with van der Waals surface area (Å²) in [4.78, 5) is 41.4. The number of primary amides is 1. The number of carbonyl (C=O) groups excluding carboxylic acids is 3. The molecule has 3 amide bonds. The molecule has 8 heteroatoms. The van der Waals surface area contributed by atoms with Gasteiger partial charge in [-0.3, -0.25) is 14.4 Å². The minimum atomic E-state index is -0.700. The van der Waals surface area contributed by atoms with Crippen molar-refractivity contribution < 1.29 is 14.4 Å². The van der Waals surface area contributed by atoms with Gasteiger partial charge < -0.3 is 20.5 Å². The predicted octanol–water partition coefficient (Wildman–Crippen LogP) is 0.940. The third kappa shape index (κ3) is 5.06. The van der Waals surface area contributed by atoms with Crippen LogP contribution in [0, 0.1) is 0 Å². The van der Waals surface area contributed by atoms with Gasteiger partial charge in [-0.05, 0) is 33.1 Å². The fraction of sp³-hybridized carbons (Fsp3) is 0.667. The summed E-state index contributed by atoms with van der Waals surface area (Å²) >= 11 is 0. The van der Waals surface area contributed by atoms with Crippen molar-refractivity contribution in [3.05, 3.63) is 18.2 Å². The van der Waals surface area contributed by atoms with Crippen LogP contribution in [0.3, 0.4) is 0 Å². The topological polar surface area (TPSA) is 110 Å². The molecule has 2 rings (SSSR count). The lowest BCUT2D eigenvalue weighted by molar-refractivity contribution is -0.137. The van der Waals surface area contributed by atoms with Crippen molar-refractivity contribution >= 4 is 17.7 Å². The molecule has 1 aliphatic rings. The molecule has 0 radical (unpaired) electrons. The van der Waals surface area contributed by atoms with Crippen molar-refractivity contribution in [1.29, 1.82) is 0 Å². The third-order valence-electron chi connectivity index (χ3n) is 4.78. The van der Waals surface area contributed by atoms with Crippen LogP contribution in [0.2, 0.25) is 0 Å². The summed E-state index contributed by atoms with van der Waals surface area (Å²) in [6.45, 7) is 6.84. The monoisotopic (exact) mass is 363 g/mol. The van der Waals surface area contributed by atoms with Gasteiger partial charge in [0, 0.05) is 50.8 Å². The van der Waals surface area contributed by atoms with Crippen molar-refractivity contribution in [2.24, 2.45) is 5.73 Å². The second kappa shape index (κ2) is 8.82. The standard InChI is InChI=1S/C18H29N5O3/c1-12(2)23-11-8-20-17(23)14-6-9-22(10-7-14)18(26)15(21-13(3)24)4-5-16(19)25/h8,11-12,14-15H,4-7,9-10H2,1-3H3,(H2,19,25)(H,21,24)/t15-/m0/s1. The van der Waals surface area contributed by atoms with Crippen LogP contribution < -0.4 is 11.1 Å². The lowest BCUT2D eigenvalue weighted by Gasteiger charge is -2.34. The van der Waals surface area contributed by atoms with E-state index in [1.807, 2.05) is 12.4 Å². The maximum absolute atomic E-state index is 12.8. The molecule has 0 aromatic carbocycles. The Balaban J connectivity index is 1.98. The van der Waals surface area contributed by atoms with E-state index in [0.29, 0.717) is 25.0 Å². The van der Waals surface area contributed by atoms with Gasteiger partial charge >= 0.3 is 0 Å². The van der Waals surface area contributed by atoms with Gasteiger partial charge in [-0.25, -0.2) is 4.98 Å². The first-order valence-electron chi connectivity index (χ1n) is 9.16. The van der Waals surface area contributed by atoms with Gasteiger partial charge in [0.25, 0.3) is 0 Å². The Morgan fingerprint density at radius 3 is 2.50 bits per heavy atom. The number of aromatic nitrogens is 2. The predicted molar refractivity (Wildman–Crippen MR) is 97.2 cm³/mol. The molecule has 0 saturated carbocycles. The van der Waals surface area contributed by atoms with Crippen LogP contribution in [0.4, 0.5) is 0 Å². The van der Waals surface area contributed by atoms with Gasteiger partial charge in [0.1, 0.15) is 11.9 Å². The minimum Gasteiger partial charge on any atom is -0.370 e. The van der Waals surface area contributed by atoms with Gasteiger partial charge in [0.15, 0.2) is 0 Å². The summed E-state index contributed by atoms with van der Waals surface area (Å²) in [5.74, 6) is 0.474. The SMILES string of the molecule is CC(=O)N[C@@H](CCC(N)=O)C(=O)N1CCC(c2nccn2C(C)C)CC1. The van der Waals surface area contributed by atoms with Gasteiger partial charge in [0.05, 0.1) is 0 Å². The lowest BCUT2D eigenvalue weighted by atomic mass is 9.95.